The molecule has 0 aromatic rings. The molecular weight excluding hydrogens is 537 g/mol. The maximum absolute atomic E-state index is 13.5. The molecule has 9 N–H and O–H groups in total. The van der Waals surface area contributed by atoms with Gasteiger partial charge in [-0.3, -0.25) is 14.7 Å². The number of nitrogens with zero attached hydrogens (tertiary/aromatic N) is 1. The first-order valence-electron chi connectivity index (χ1n) is 11.6. The molecule has 0 bridgehead atoms. The Labute approximate surface area is 235 Å². The highest BCUT2D eigenvalue weighted by atomic mass is 35.5. The van der Waals surface area contributed by atoms with E-state index in [2.05, 4.69) is 25.2 Å². The summed E-state index contributed by atoms with van der Waals surface area (Å²) < 4.78 is 0. The fourth-order valence-electron chi connectivity index (χ4n) is 5.06. The van der Waals surface area contributed by atoms with E-state index in [1.807, 2.05) is 24.8 Å². The summed E-state index contributed by atoms with van der Waals surface area (Å²) in [5, 5.41) is 10.2. The lowest BCUT2D eigenvalue weighted by Crippen LogP contribution is -2.57. The Bertz CT molecular complexity index is 918. The highest BCUT2D eigenvalue weighted by Gasteiger charge is 2.41. The van der Waals surface area contributed by atoms with Gasteiger partial charge in [0.05, 0.1) is 11.0 Å². The minimum Gasteiger partial charge on any atom is -0.412 e. The van der Waals surface area contributed by atoms with Crippen LogP contribution in [0.15, 0.2) is 44.8 Å². The van der Waals surface area contributed by atoms with Gasteiger partial charge in [0.15, 0.2) is 0 Å². The van der Waals surface area contributed by atoms with Gasteiger partial charge in [-0.05, 0) is 55.1 Å². The summed E-state index contributed by atoms with van der Waals surface area (Å²) in [7, 11) is 0. The van der Waals surface area contributed by atoms with Gasteiger partial charge < -0.3 is 26.6 Å². The van der Waals surface area contributed by atoms with Crippen molar-refractivity contribution in [2.45, 2.75) is 66.8 Å². The van der Waals surface area contributed by atoms with Crippen molar-refractivity contribution in [2.24, 2.45) is 28.3 Å². The normalized spacial score (nSPS) is 23.3. The maximum atomic E-state index is 13.5. The Morgan fingerprint density at radius 1 is 1.16 bits per heavy atom. The number of likely N-dealkylation sites (tertiary alicyclic amines) is 1. The van der Waals surface area contributed by atoms with Gasteiger partial charge in [0.2, 0.25) is 11.8 Å². The van der Waals surface area contributed by atoms with Gasteiger partial charge >= 0.3 is 0 Å². The molecule has 0 saturated carbocycles. The molecule has 1 unspecified atom stereocenters. The average Bonchev–Trinajstić information content (AvgIpc) is 2.77. The lowest BCUT2D eigenvalue weighted by Gasteiger charge is -2.47. The molecule has 0 radical (unpaired) electrons. The minimum atomic E-state index is -0.566. The molecule has 3 rings (SSSR count). The molecule has 2 amide bonds. The molecule has 1 heterocycles. The van der Waals surface area contributed by atoms with Crippen LogP contribution < -0.4 is 10.5 Å². The molecular formula is C26H45Cl2N3O5S. The van der Waals surface area contributed by atoms with Crippen molar-refractivity contribution in [2.75, 3.05) is 13.1 Å². The molecule has 0 aromatic heterocycles. The standard InChI is InChI=1S/C25H35Cl2N3O2S.CH4.3H2O/c1-15(2)22(29-23(31)17-7-10-20(27)21(13-17)33-28)24(32)30-12-11-19(25(3,4)14-30)16-5-8-18(26)9-6-16;;;;/h5,7-8,10,15,17,19,22H,6,9,11-14,28H2,1-4H3,(H,29,31);1H4;3*1H2/t17?,19-,22-;;;;/m1..../s1. The number of amides is 2. The van der Waals surface area contributed by atoms with Crippen LogP contribution in [-0.2, 0) is 9.59 Å². The van der Waals surface area contributed by atoms with Crippen molar-refractivity contribution in [3.8, 4) is 0 Å². The number of rotatable bonds is 6. The van der Waals surface area contributed by atoms with E-state index in [0.717, 1.165) is 41.1 Å². The fraction of sp³-hybridized carbons (Fsp3) is 0.615. The third kappa shape index (κ3) is 9.13. The van der Waals surface area contributed by atoms with Crippen LogP contribution in [0.5, 0.6) is 0 Å². The van der Waals surface area contributed by atoms with E-state index in [9.17, 15) is 9.59 Å². The smallest absolute Gasteiger partial charge is 0.245 e. The third-order valence-corrected chi connectivity index (χ3v) is 8.43. The van der Waals surface area contributed by atoms with Crippen molar-refractivity contribution >= 4 is 47.0 Å². The third-order valence-electron chi connectivity index (χ3n) is 6.98. The number of carbonyl (C=O) groups excluding carboxylic acids is 2. The molecule has 3 aliphatic rings. The summed E-state index contributed by atoms with van der Waals surface area (Å²) >= 11 is 13.4. The van der Waals surface area contributed by atoms with E-state index in [4.69, 9.17) is 28.3 Å². The van der Waals surface area contributed by atoms with E-state index in [0.29, 0.717) is 30.5 Å². The van der Waals surface area contributed by atoms with Crippen molar-refractivity contribution in [3.63, 3.8) is 0 Å². The zero-order chi connectivity index (χ0) is 24.3. The topological polar surface area (TPSA) is 170 Å². The Kier molecular flexibility index (Phi) is 16.3. The molecule has 8 nitrogen and oxygen atoms in total. The second kappa shape index (κ2) is 15.9. The van der Waals surface area contributed by atoms with Gasteiger partial charge in [-0.25, -0.2) is 0 Å². The van der Waals surface area contributed by atoms with E-state index in [1.54, 1.807) is 12.2 Å². The summed E-state index contributed by atoms with van der Waals surface area (Å²) in [6.45, 7) is 9.76. The number of nitrogens with two attached hydrogens (primary N) is 1. The number of hydrogen-bond donors (Lipinski definition) is 2. The Morgan fingerprint density at radius 2 is 1.81 bits per heavy atom. The summed E-state index contributed by atoms with van der Waals surface area (Å²) in [5.41, 5.74) is 1.37. The molecule has 0 aromatic carbocycles. The summed E-state index contributed by atoms with van der Waals surface area (Å²) in [6.07, 6.45) is 10.9. The molecule has 0 spiro atoms. The van der Waals surface area contributed by atoms with Crippen LogP contribution in [0.25, 0.3) is 0 Å². The van der Waals surface area contributed by atoms with Gasteiger partial charge in [0.1, 0.15) is 6.04 Å². The van der Waals surface area contributed by atoms with Crippen molar-refractivity contribution in [1.82, 2.24) is 10.2 Å². The maximum Gasteiger partial charge on any atom is 0.245 e. The fourth-order valence-corrected chi connectivity index (χ4v) is 5.96. The molecule has 2 aliphatic carbocycles. The second-order valence-corrected chi connectivity index (χ2v) is 11.9. The first kappa shape index (κ1) is 37.8. The van der Waals surface area contributed by atoms with E-state index < -0.39 is 6.04 Å². The predicted octanol–water partition coefficient (Wildman–Crippen LogP) is 3.64. The zero-order valence-corrected chi connectivity index (χ0v) is 23.7. The van der Waals surface area contributed by atoms with Crippen LogP contribution in [0.2, 0.25) is 0 Å². The largest absolute Gasteiger partial charge is 0.412 e. The number of halogens is 2. The average molecular weight is 583 g/mol. The summed E-state index contributed by atoms with van der Waals surface area (Å²) in [4.78, 5) is 29.3. The van der Waals surface area contributed by atoms with E-state index in [-0.39, 0.29) is 52.9 Å². The van der Waals surface area contributed by atoms with Crippen LogP contribution >= 0.6 is 35.1 Å². The number of allylic oxidation sites excluding steroid dienone is 7. The van der Waals surface area contributed by atoms with Crippen LogP contribution in [0.1, 0.15) is 60.8 Å². The van der Waals surface area contributed by atoms with Gasteiger partial charge in [-0.2, -0.15) is 0 Å². The molecule has 11 heteroatoms. The molecule has 37 heavy (non-hydrogen) atoms. The van der Waals surface area contributed by atoms with Crippen LogP contribution in [0.4, 0.5) is 0 Å². The van der Waals surface area contributed by atoms with Crippen molar-refractivity contribution in [1.29, 1.82) is 0 Å². The number of hydrogen-bond acceptors (Lipinski definition) is 4. The Morgan fingerprint density at radius 3 is 2.32 bits per heavy atom. The number of carbonyl (C=O) groups is 2. The van der Waals surface area contributed by atoms with Gasteiger partial charge in [-0.1, -0.05) is 88.0 Å². The van der Waals surface area contributed by atoms with Gasteiger partial charge in [0.25, 0.3) is 0 Å². The molecule has 1 aliphatic heterocycles. The lowest BCUT2D eigenvalue weighted by atomic mass is 9.68. The van der Waals surface area contributed by atoms with Gasteiger partial charge in [0, 0.05) is 23.0 Å². The molecule has 3 atom stereocenters. The van der Waals surface area contributed by atoms with Gasteiger partial charge in [-0.15, -0.1) is 0 Å². The highest BCUT2D eigenvalue weighted by Crippen LogP contribution is 2.43. The quantitative estimate of drug-likeness (QED) is 0.456. The minimum absolute atomic E-state index is 0. The molecule has 1 fully saturated rings. The highest BCUT2D eigenvalue weighted by molar-refractivity contribution is 8.01. The molecule has 214 valence electrons. The number of nitrogens with one attached hydrogen (secondary N) is 1. The van der Waals surface area contributed by atoms with E-state index in [1.165, 1.54) is 5.57 Å². The summed E-state index contributed by atoms with van der Waals surface area (Å²) in [6, 6.07) is -0.566. The molecule has 1 saturated heterocycles. The summed E-state index contributed by atoms with van der Waals surface area (Å²) in [5.74, 6) is -0.157. The first-order chi connectivity index (χ1) is 15.5. The van der Waals surface area contributed by atoms with Crippen LogP contribution in [-0.4, -0.2) is 52.3 Å². The second-order valence-electron chi connectivity index (χ2n) is 10.2. The van der Waals surface area contributed by atoms with Crippen LogP contribution in [0, 0.1) is 23.2 Å². The first-order valence-corrected chi connectivity index (χ1v) is 13.2. The Hall–Kier alpha value is -1.33. The van der Waals surface area contributed by atoms with E-state index >= 15 is 0 Å². The lowest BCUT2D eigenvalue weighted by molar-refractivity contribution is -0.141. The van der Waals surface area contributed by atoms with Crippen molar-refractivity contribution in [3.05, 3.63) is 44.8 Å². The number of piperidine rings is 1. The SMILES string of the molecule is C.CC(C)[C@@H](NC(=O)C1C=CC(Cl)=C(SN)C1)C(=O)N1CC[C@H](C2=CC=C(Cl)CC2)C(C)(C)C1.O.O.O. The predicted molar refractivity (Wildman–Crippen MR) is 156 cm³/mol. The Balaban J connectivity index is 0. The monoisotopic (exact) mass is 581 g/mol. The van der Waals surface area contributed by atoms with Crippen LogP contribution in [0.3, 0.4) is 0 Å². The zero-order valence-electron chi connectivity index (χ0n) is 21.4. The van der Waals surface area contributed by atoms with Crippen molar-refractivity contribution < 1.29 is 26.0 Å².